The molecule has 0 radical (unpaired) electrons. The summed E-state index contributed by atoms with van der Waals surface area (Å²) >= 11 is 0. The number of nitrogens with one attached hydrogen (secondary N) is 1. The average molecular weight is 413 g/mol. The van der Waals surface area contributed by atoms with Crippen molar-refractivity contribution in [3.8, 4) is 0 Å². The summed E-state index contributed by atoms with van der Waals surface area (Å²) in [6.07, 6.45) is 8.17. The standard InChI is InChI=1S/C23H28N2O3S/c1-2-19-7-9-20(10-8-19)11-16-23(26)24-21-12-14-22(15-13-21)29(27,28)25-17-5-3-4-6-18-25/h7-16H,2-6,17-18H2,1H3,(H,24,26)/b16-11+. The minimum absolute atomic E-state index is 0.257. The molecule has 6 heteroatoms. The van der Waals surface area contributed by atoms with Crippen molar-refractivity contribution >= 4 is 27.7 Å². The highest BCUT2D eigenvalue weighted by molar-refractivity contribution is 7.89. The van der Waals surface area contributed by atoms with Gasteiger partial charge in [0.15, 0.2) is 0 Å². The Morgan fingerprint density at radius 3 is 2.17 bits per heavy atom. The molecule has 0 aromatic heterocycles. The monoisotopic (exact) mass is 412 g/mol. The van der Waals surface area contributed by atoms with E-state index in [0.29, 0.717) is 18.8 Å². The van der Waals surface area contributed by atoms with E-state index in [1.165, 1.54) is 11.6 Å². The van der Waals surface area contributed by atoms with Crippen LogP contribution in [0.2, 0.25) is 0 Å². The van der Waals surface area contributed by atoms with Gasteiger partial charge in [0.1, 0.15) is 0 Å². The lowest BCUT2D eigenvalue weighted by Crippen LogP contribution is -2.31. The van der Waals surface area contributed by atoms with Crippen molar-refractivity contribution in [2.45, 2.75) is 43.9 Å². The number of hydrogen-bond donors (Lipinski definition) is 1. The summed E-state index contributed by atoms with van der Waals surface area (Å²) in [6, 6.07) is 14.4. The Bertz CT molecular complexity index is 941. The van der Waals surface area contributed by atoms with E-state index in [1.807, 2.05) is 24.3 Å². The normalized spacial score (nSPS) is 15.9. The van der Waals surface area contributed by atoms with Crippen LogP contribution in [0.3, 0.4) is 0 Å². The van der Waals surface area contributed by atoms with Crippen LogP contribution in [0.5, 0.6) is 0 Å². The largest absolute Gasteiger partial charge is 0.323 e. The summed E-state index contributed by atoms with van der Waals surface area (Å²) in [5, 5.41) is 2.77. The van der Waals surface area contributed by atoms with Gasteiger partial charge >= 0.3 is 0 Å². The topological polar surface area (TPSA) is 66.5 Å². The zero-order chi connectivity index (χ0) is 20.7. The van der Waals surface area contributed by atoms with E-state index in [4.69, 9.17) is 0 Å². The quantitative estimate of drug-likeness (QED) is 0.712. The predicted octanol–water partition coefficient (Wildman–Crippen LogP) is 4.47. The molecule has 1 fully saturated rings. The van der Waals surface area contributed by atoms with Gasteiger partial charge in [-0.25, -0.2) is 8.42 Å². The second-order valence-corrected chi connectivity index (χ2v) is 9.20. The highest BCUT2D eigenvalue weighted by atomic mass is 32.2. The number of benzene rings is 2. The Morgan fingerprint density at radius 1 is 0.966 bits per heavy atom. The third kappa shape index (κ3) is 5.78. The van der Waals surface area contributed by atoms with Crippen molar-refractivity contribution in [2.24, 2.45) is 0 Å². The van der Waals surface area contributed by atoms with Gasteiger partial charge in [0.2, 0.25) is 15.9 Å². The molecule has 1 amide bonds. The first-order valence-corrected chi connectivity index (χ1v) is 11.6. The Labute approximate surface area is 173 Å². The second kappa shape index (κ2) is 9.85. The molecule has 2 aromatic carbocycles. The molecule has 3 rings (SSSR count). The number of rotatable bonds is 6. The molecular formula is C23H28N2O3S. The van der Waals surface area contributed by atoms with Crippen LogP contribution < -0.4 is 5.32 Å². The summed E-state index contributed by atoms with van der Waals surface area (Å²) < 4.78 is 27.2. The highest BCUT2D eigenvalue weighted by Crippen LogP contribution is 2.21. The smallest absolute Gasteiger partial charge is 0.248 e. The molecule has 1 N–H and O–H groups in total. The van der Waals surface area contributed by atoms with Gasteiger partial charge in [-0.1, -0.05) is 44.0 Å². The van der Waals surface area contributed by atoms with E-state index in [-0.39, 0.29) is 10.8 Å². The van der Waals surface area contributed by atoms with E-state index in [9.17, 15) is 13.2 Å². The van der Waals surface area contributed by atoms with Gasteiger partial charge in [0, 0.05) is 24.9 Å². The lowest BCUT2D eigenvalue weighted by molar-refractivity contribution is -0.111. The number of amides is 1. The fraction of sp³-hybridized carbons (Fsp3) is 0.348. The van der Waals surface area contributed by atoms with Crippen LogP contribution in [0.15, 0.2) is 59.5 Å². The van der Waals surface area contributed by atoms with Crippen molar-refractivity contribution in [3.63, 3.8) is 0 Å². The third-order valence-corrected chi connectivity index (χ3v) is 7.05. The summed E-state index contributed by atoms with van der Waals surface area (Å²) in [5.41, 5.74) is 2.77. The summed E-state index contributed by atoms with van der Waals surface area (Å²) in [5.74, 6) is -0.257. The van der Waals surface area contributed by atoms with Crippen LogP contribution in [0.25, 0.3) is 6.08 Å². The third-order valence-electron chi connectivity index (χ3n) is 5.14. The maximum absolute atomic E-state index is 12.8. The lowest BCUT2D eigenvalue weighted by atomic mass is 10.1. The first-order valence-electron chi connectivity index (χ1n) is 10.2. The Kier molecular flexibility index (Phi) is 7.23. The van der Waals surface area contributed by atoms with Crippen molar-refractivity contribution in [1.29, 1.82) is 0 Å². The van der Waals surface area contributed by atoms with Crippen LogP contribution in [0, 0.1) is 0 Å². The van der Waals surface area contributed by atoms with Gasteiger partial charge in [0.25, 0.3) is 0 Å². The molecule has 1 saturated heterocycles. The zero-order valence-corrected chi connectivity index (χ0v) is 17.6. The van der Waals surface area contributed by atoms with Crippen molar-refractivity contribution in [3.05, 3.63) is 65.7 Å². The molecule has 29 heavy (non-hydrogen) atoms. The summed E-state index contributed by atoms with van der Waals surface area (Å²) in [4.78, 5) is 12.4. The predicted molar refractivity (Wildman–Crippen MR) is 117 cm³/mol. The first-order chi connectivity index (χ1) is 14.0. The molecule has 1 aliphatic rings. The number of sulfonamides is 1. The second-order valence-electron chi connectivity index (χ2n) is 7.26. The molecule has 154 valence electrons. The Balaban J connectivity index is 1.62. The maximum Gasteiger partial charge on any atom is 0.248 e. The molecule has 1 heterocycles. The van der Waals surface area contributed by atoms with Gasteiger partial charge in [0.05, 0.1) is 4.90 Å². The van der Waals surface area contributed by atoms with Crippen molar-refractivity contribution in [1.82, 2.24) is 4.31 Å². The van der Waals surface area contributed by atoms with Gasteiger partial charge in [-0.05, 0) is 60.7 Å². The van der Waals surface area contributed by atoms with Gasteiger partial charge in [-0.15, -0.1) is 0 Å². The number of aryl methyl sites for hydroxylation is 1. The number of carbonyl (C=O) groups is 1. The van der Waals surface area contributed by atoms with E-state index >= 15 is 0 Å². The molecular weight excluding hydrogens is 384 g/mol. The lowest BCUT2D eigenvalue weighted by Gasteiger charge is -2.20. The fourth-order valence-electron chi connectivity index (χ4n) is 3.36. The zero-order valence-electron chi connectivity index (χ0n) is 16.8. The van der Waals surface area contributed by atoms with E-state index in [2.05, 4.69) is 12.2 Å². The summed E-state index contributed by atoms with van der Waals surface area (Å²) in [6.45, 7) is 3.25. The van der Waals surface area contributed by atoms with Crippen molar-refractivity contribution < 1.29 is 13.2 Å². The van der Waals surface area contributed by atoms with Gasteiger partial charge in [-0.2, -0.15) is 4.31 Å². The Hall–Kier alpha value is -2.44. The van der Waals surface area contributed by atoms with E-state index < -0.39 is 10.0 Å². The van der Waals surface area contributed by atoms with Crippen LogP contribution in [-0.2, 0) is 21.2 Å². The van der Waals surface area contributed by atoms with E-state index in [0.717, 1.165) is 37.7 Å². The van der Waals surface area contributed by atoms with Gasteiger partial charge < -0.3 is 5.32 Å². The minimum atomic E-state index is -3.48. The van der Waals surface area contributed by atoms with Crippen LogP contribution in [-0.4, -0.2) is 31.7 Å². The number of hydrogen-bond acceptors (Lipinski definition) is 3. The van der Waals surface area contributed by atoms with Gasteiger partial charge in [-0.3, -0.25) is 4.79 Å². The molecule has 0 spiro atoms. The SMILES string of the molecule is CCc1ccc(/C=C/C(=O)Nc2ccc(S(=O)(=O)N3CCCCCC3)cc2)cc1. The Morgan fingerprint density at radius 2 is 1.59 bits per heavy atom. The van der Waals surface area contributed by atoms with Crippen LogP contribution in [0.4, 0.5) is 5.69 Å². The average Bonchev–Trinajstić information content (AvgIpc) is 3.03. The number of nitrogens with zero attached hydrogens (tertiary/aromatic N) is 1. The highest BCUT2D eigenvalue weighted by Gasteiger charge is 2.24. The molecule has 0 aliphatic carbocycles. The first kappa shape index (κ1) is 21.3. The molecule has 0 atom stereocenters. The molecule has 5 nitrogen and oxygen atoms in total. The maximum atomic E-state index is 12.8. The molecule has 1 aliphatic heterocycles. The number of anilines is 1. The summed E-state index contributed by atoms with van der Waals surface area (Å²) in [7, 11) is -3.48. The number of carbonyl (C=O) groups excluding carboxylic acids is 1. The molecule has 0 saturated carbocycles. The molecule has 2 aromatic rings. The molecule has 0 unspecified atom stereocenters. The van der Waals surface area contributed by atoms with E-state index in [1.54, 1.807) is 34.6 Å². The van der Waals surface area contributed by atoms with Crippen molar-refractivity contribution in [2.75, 3.05) is 18.4 Å². The minimum Gasteiger partial charge on any atom is -0.323 e. The fourth-order valence-corrected chi connectivity index (χ4v) is 4.88. The van der Waals surface area contributed by atoms with Crippen LogP contribution in [0.1, 0.15) is 43.7 Å². The van der Waals surface area contributed by atoms with Crippen LogP contribution >= 0.6 is 0 Å². The molecule has 0 bridgehead atoms.